The number of methoxy groups -OCH3 is 1. The number of nitrogens with one attached hydrogen (secondary N) is 2. The summed E-state index contributed by atoms with van der Waals surface area (Å²) in [5.74, 6) is 1.02. The van der Waals surface area contributed by atoms with Crippen molar-refractivity contribution >= 4 is 5.91 Å². The molecule has 1 amide bonds. The Morgan fingerprint density at radius 3 is 2.62 bits per heavy atom. The number of hydrogen-bond donors (Lipinski definition) is 2. The predicted molar refractivity (Wildman–Crippen MR) is 95.2 cm³/mol. The molecule has 0 spiro atoms. The molecule has 0 saturated carbocycles. The quantitative estimate of drug-likeness (QED) is 0.838. The maximum atomic E-state index is 12.4. The Labute approximate surface area is 144 Å². The van der Waals surface area contributed by atoms with Crippen molar-refractivity contribution in [3.63, 3.8) is 0 Å². The average molecular weight is 331 g/mol. The summed E-state index contributed by atoms with van der Waals surface area (Å²) >= 11 is 0. The molecule has 2 heterocycles. The largest absolute Gasteiger partial charge is 0.497 e. The molecule has 3 rings (SSSR count). The predicted octanol–water partition coefficient (Wildman–Crippen LogP) is 2.09. The summed E-state index contributed by atoms with van der Waals surface area (Å²) < 4.78 is 5.26. The summed E-state index contributed by atoms with van der Waals surface area (Å²) in [5, 5.41) is 6.51. The number of amides is 1. The smallest absolute Gasteiger partial charge is 0.237 e. The molecular weight excluding hydrogens is 302 g/mol. The highest BCUT2D eigenvalue weighted by Gasteiger charge is 2.26. The van der Waals surface area contributed by atoms with Crippen LogP contribution in [0.5, 0.6) is 5.75 Å². The molecule has 2 fully saturated rings. The van der Waals surface area contributed by atoms with Gasteiger partial charge in [0.15, 0.2) is 0 Å². The van der Waals surface area contributed by atoms with Crippen molar-refractivity contribution < 1.29 is 9.53 Å². The number of carbonyl (C=O) groups excluding carboxylic acids is 1. The second-order valence-electron chi connectivity index (χ2n) is 6.78. The van der Waals surface area contributed by atoms with E-state index in [2.05, 4.69) is 27.7 Å². The molecule has 2 atom stereocenters. The van der Waals surface area contributed by atoms with E-state index in [0.717, 1.165) is 38.2 Å². The van der Waals surface area contributed by atoms with E-state index >= 15 is 0 Å². The monoisotopic (exact) mass is 331 g/mol. The molecular formula is C19H29N3O2. The number of benzene rings is 1. The molecule has 0 bridgehead atoms. The van der Waals surface area contributed by atoms with Crippen LogP contribution in [0.15, 0.2) is 24.3 Å². The zero-order valence-electron chi connectivity index (χ0n) is 14.6. The molecule has 0 radical (unpaired) electrons. The lowest BCUT2D eigenvalue weighted by Gasteiger charge is -2.30. The lowest BCUT2D eigenvalue weighted by molar-refractivity contribution is -0.123. The van der Waals surface area contributed by atoms with E-state index < -0.39 is 0 Å². The maximum Gasteiger partial charge on any atom is 0.237 e. The first-order valence-electron chi connectivity index (χ1n) is 9.17. The van der Waals surface area contributed by atoms with E-state index in [4.69, 9.17) is 4.74 Å². The third kappa shape index (κ3) is 4.28. The van der Waals surface area contributed by atoms with Crippen molar-refractivity contribution in [2.75, 3.05) is 33.3 Å². The minimum absolute atomic E-state index is 0.0196. The highest BCUT2D eigenvalue weighted by Crippen LogP contribution is 2.26. The van der Waals surface area contributed by atoms with Gasteiger partial charge in [-0.15, -0.1) is 0 Å². The normalized spacial score (nSPS) is 23.0. The number of piperidine rings is 1. The minimum Gasteiger partial charge on any atom is -0.497 e. The van der Waals surface area contributed by atoms with Crippen LogP contribution < -0.4 is 15.4 Å². The molecule has 5 heteroatoms. The van der Waals surface area contributed by atoms with Crippen LogP contribution >= 0.6 is 0 Å². The Hall–Kier alpha value is -1.59. The van der Waals surface area contributed by atoms with Crippen LogP contribution in [0.1, 0.15) is 43.7 Å². The second-order valence-corrected chi connectivity index (χ2v) is 6.78. The highest BCUT2D eigenvalue weighted by molar-refractivity contribution is 5.81. The van der Waals surface area contributed by atoms with Crippen LogP contribution in [-0.4, -0.2) is 50.1 Å². The van der Waals surface area contributed by atoms with Gasteiger partial charge in [0, 0.05) is 6.54 Å². The van der Waals surface area contributed by atoms with Crippen LogP contribution in [0.25, 0.3) is 0 Å². The molecule has 0 aliphatic carbocycles. The molecule has 2 aliphatic rings. The van der Waals surface area contributed by atoms with Crippen LogP contribution in [0.4, 0.5) is 0 Å². The molecule has 24 heavy (non-hydrogen) atoms. The lowest BCUT2D eigenvalue weighted by Crippen LogP contribution is -2.48. The van der Waals surface area contributed by atoms with Gasteiger partial charge in [0.05, 0.1) is 19.2 Å². The van der Waals surface area contributed by atoms with Crippen LogP contribution in [0.2, 0.25) is 0 Å². The van der Waals surface area contributed by atoms with Crippen molar-refractivity contribution in [2.24, 2.45) is 0 Å². The molecule has 2 aliphatic heterocycles. The van der Waals surface area contributed by atoms with Crippen LogP contribution in [0.3, 0.4) is 0 Å². The van der Waals surface area contributed by atoms with E-state index in [1.807, 2.05) is 12.1 Å². The Morgan fingerprint density at radius 2 is 2.00 bits per heavy atom. The highest BCUT2D eigenvalue weighted by atomic mass is 16.5. The fourth-order valence-electron chi connectivity index (χ4n) is 3.73. The van der Waals surface area contributed by atoms with Crippen molar-refractivity contribution in [3.8, 4) is 5.75 Å². The van der Waals surface area contributed by atoms with Crippen LogP contribution in [-0.2, 0) is 4.79 Å². The van der Waals surface area contributed by atoms with Gasteiger partial charge in [-0.05, 0) is 63.0 Å². The molecule has 1 aromatic rings. The van der Waals surface area contributed by atoms with Gasteiger partial charge in [0.25, 0.3) is 0 Å². The number of rotatable bonds is 6. The number of hydrogen-bond acceptors (Lipinski definition) is 4. The Morgan fingerprint density at radius 1 is 1.25 bits per heavy atom. The maximum absolute atomic E-state index is 12.4. The molecule has 5 nitrogen and oxygen atoms in total. The number of carbonyl (C=O) groups is 1. The van der Waals surface area contributed by atoms with Gasteiger partial charge in [-0.3, -0.25) is 9.69 Å². The topological polar surface area (TPSA) is 53.6 Å². The summed E-state index contributed by atoms with van der Waals surface area (Å²) in [5.41, 5.74) is 1.25. The Balaban J connectivity index is 1.64. The molecule has 2 unspecified atom stereocenters. The van der Waals surface area contributed by atoms with Gasteiger partial charge in [-0.1, -0.05) is 18.6 Å². The van der Waals surface area contributed by atoms with Gasteiger partial charge in [-0.2, -0.15) is 0 Å². The fraction of sp³-hybridized carbons (Fsp3) is 0.632. The van der Waals surface area contributed by atoms with Crippen LogP contribution in [0, 0.1) is 0 Å². The Bertz CT molecular complexity index is 520. The molecule has 2 N–H and O–H groups in total. The van der Waals surface area contributed by atoms with E-state index in [0.29, 0.717) is 6.54 Å². The van der Waals surface area contributed by atoms with Gasteiger partial charge in [0.1, 0.15) is 5.75 Å². The van der Waals surface area contributed by atoms with E-state index in [1.165, 1.54) is 24.8 Å². The number of ether oxygens (including phenoxy) is 1. The summed E-state index contributed by atoms with van der Waals surface area (Å²) in [6.07, 6.45) is 5.74. The standard InChI is InChI=1S/C19H29N3O2/c1-24-16-9-7-15(8-10-16)18(22-12-4-5-13-22)14-21-19(23)17-6-2-3-11-20-17/h7-10,17-18,20H,2-6,11-14H2,1H3,(H,21,23). The van der Waals surface area contributed by atoms with Gasteiger partial charge in [0.2, 0.25) is 5.91 Å². The van der Waals surface area contributed by atoms with Gasteiger partial charge < -0.3 is 15.4 Å². The van der Waals surface area contributed by atoms with E-state index in [1.54, 1.807) is 7.11 Å². The molecule has 132 valence electrons. The van der Waals surface area contributed by atoms with Crippen molar-refractivity contribution in [1.29, 1.82) is 0 Å². The van der Waals surface area contributed by atoms with Crippen molar-refractivity contribution in [3.05, 3.63) is 29.8 Å². The molecule has 2 saturated heterocycles. The first-order valence-corrected chi connectivity index (χ1v) is 9.17. The SMILES string of the molecule is COc1ccc(C(CNC(=O)C2CCCCN2)N2CCCC2)cc1. The van der Waals surface area contributed by atoms with Crippen molar-refractivity contribution in [2.45, 2.75) is 44.2 Å². The van der Waals surface area contributed by atoms with Gasteiger partial charge >= 0.3 is 0 Å². The first-order chi connectivity index (χ1) is 11.8. The molecule has 1 aromatic carbocycles. The van der Waals surface area contributed by atoms with Crippen molar-refractivity contribution in [1.82, 2.24) is 15.5 Å². The summed E-state index contributed by atoms with van der Waals surface area (Å²) in [6, 6.07) is 8.46. The lowest BCUT2D eigenvalue weighted by atomic mass is 10.0. The molecule has 0 aromatic heterocycles. The third-order valence-electron chi connectivity index (χ3n) is 5.18. The second kappa shape index (κ2) is 8.49. The van der Waals surface area contributed by atoms with E-state index in [-0.39, 0.29) is 18.0 Å². The fourth-order valence-corrected chi connectivity index (χ4v) is 3.73. The zero-order valence-corrected chi connectivity index (χ0v) is 14.6. The zero-order chi connectivity index (χ0) is 16.8. The first kappa shape index (κ1) is 17.2. The van der Waals surface area contributed by atoms with E-state index in [9.17, 15) is 4.79 Å². The van der Waals surface area contributed by atoms with Gasteiger partial charge in [-0.25, -0.2) is 0 Å². The number of likely N-dealkylation sites (tertiary alicyclic amines) is 1. The number of nitrogens with zero attached hydrogens (tertiary/aromatic N) is 1. The Kier molecular flexibility index (Phi) is 6.10. The summed E-state index contributed by atoms with van der Waals surface area (Å²) in [7, 11) is 1.68. The minimum atomic E-state index is -0.0196. The average Bonchev–Trinajstić information content (AvgIpc) is 3.17. The summed E-state index contributed by atoms with van der Waals surface area (Å²) in [4.78, 5) is 14.9. The third-order valence-corrected chi connectivity index (χ3v) is 5.18. The summed E-state index contributed by atoms with van der Waals surface area (Å²) in [6.45, 7) is 3.83.